The van der Waals surface area contributed by atoms with E-state index in [2.05, 4.69) is 5.32 Å². The number of ether oxygens (including phenoxy) is 1. The maximum atomic E-state index is 12.5. The molecular weight excluding hydrogens is 362 g/mol. The van der Waals surface area contributed by atoms with Crippen LogP contribution in [0.5, 0.6) is 0 Å². The number of carbonyl (C=O) groups excluding carboxylic acids is 2. The van der Waals surface area contributed by atoms with Gasteiger partial charge in [0.25, 0.3) is 5.91 Å². The molecule has 0 fully saturated rings. The van der Waals surface area contributed by atoms with E-state index in [0.29, 0.717) is 37.0 Å². The lowest BCUT2D eigenvalue weighted by Crippen LogP contribution is -2.36. The monoisotopic (exact) mass is 387 g/mol. The number of nitrogens with zero attached hydrogens (tertiary/aromatic N) is 1. The Morgan fingerprint density at radius 2 is 2.22 bits per heavy atom. The number of amides is 2. The fourth-order valence-corrected chi connectivity index (χ4v) is 4.37. The van der Waals surface area contributed by atoms with Crippen LogP contribution in [0.15, 0.2) is 23.8 Å². The van der Waals surface area contributed by atoms with Gasteiger partial charge in [-0.2, -0.15) is 0 Å². The van der Waals surface area contributed by atoms with E-state index in [0.717, 1.165) is 34.4 Å². The molecule has 1 aliphatic heterocycles. The molecule has 0 unspecified atom stereocenters. The molecule has 1 aliphatic carbocycles. The van der Waals surface area contributed by atoms with Gasteiger partial charge in [-0.05, 0) is 30.7 Å². The van der Waals surface area contributed by atoms with Gasteiger partial charge in [-0.15, -0.1) is 11.3 Å². The number of fused-ring (bicyclic) bond motifs is 1. The first kappa shape index (κ1) is 19.4. The Kier molecular flexibility index (Phi) is 6.11. The minimum atomic E-state index is -0.302. The number of thiophene rings is 1. The second kappa shape index (κ2) is 8.52. The fraction of sp³-hybridized carbons (Fsp3) is 0.450. The maximum absolute atomic E-state index is 12.5. The van der Waals surface area contributed by atoms with Gasteiger partial charge in [-0.25, -0.2) is 4.79 Å². The molecule has 3 rings (SSSR count). The summed E-state index contributed by atoms with van der Waals surface area (Å²) < 4.78 is 5.33. The van der Waals surface area contributed by atoms with Gasteiger partial charge in [0.1, 0.15) is 5.00 Å². The standard InChI is InChI=1S/C20H25N3O3S/c1-13(2)12-26-20(25)23-9-8-15-16(10-21)19(27-17(15)11-23)22-18(24)14-6-4-3-5-7-14/h3-4,6,10,13,21H,5,7-9,11-12H2,1-2H3,(H,22,24). The Balaban J connectivity index is 1.73. The van der Waals surface area contributed by atoms with E-state index in [4.69, 9.17) is 10.1 Å². The van der Waals surface area contributed by atoms with Crippen LogP contribution in [-0.2, 0) is 22.5 Å². The lowest BCUT2D eigenvalue weighted by molar-refractivity contribution is -0.113. The third kappa shape index (κ3) is 4.47. The Morgan fingerprint density at radius 3 is 2.89 bits per heavy atom. The molecule has 7 heteroatoms. The van der Waals surface area contributed by atoms with Crippen LogP contribution in [0.3, 0.4) is 0 Å². The van der Waals surface area contributed by atoms with Gasteiger partial charge in [-0.3, -0.25) is 4.79 Å². The zero-order valence-electron chi connectivity index (χ0n) is 15.7. The number of hydrogen-bond donors (Lipinski definition) is 2. The van der Waals surface area contributed by atoms with Crippen molar-refractivity contribution >= 4 is 34.6 Å². The van der Waals surface area contributed by atoms with Crippen LogP contribution in [-0.4, -0.2) is 36.3 Å². The van der Waals surface area contributed by atoms with Crippen molar-refractivity contribution in [1.82, 2.24) is 4.90 Å². The van der Waals surface area contributed by atoms with Crippen molar-refractivity contribution in [3.63, 3.8) is 0 Å². The molecule has 0 aromatic carbocycles. The van der Waals surface area contributed by atoms with Gasteiger partial charge in [0.2, 0.25) is 0 Å². The predicted octanol–water partition coefficient (Wildman–Crippen LogP) is 4.11. The van der Waals surface area contributed by atoms with Crippen LogP contribution < -0.4 is 5.32 Å². The first-order valence-corrected chi connectivity index (χ1v) is 10.0. The molecule has 0 saturated carbocycles. The summed E-state index contributed by atoms with van der Waals surface area (Å²) in [6, 6.07) is 0. The summed E-state index contributed by atoms with van der Waals surface area (Å²) in [5.41, 5.74) is 2.56. The molecule has 0 radical (unpaired) electrons. The molecule has 2 N–H and O–H groups in total. The summed E-state index contributed by atoms with van der Waals surface area (Å²) in [5.74, 6) is 0.181. The average Bonchev–Trinajstić information content (AvgIpc) is 3.02. The fourth-order valence-electron chi connectivity index (χ4n) is 3.13. The second-order valence-electron chi connectivity index (χ2n) is 7.15. The number of allylic oxidation sites excluding steroid dienone is 3. The highest BCUT2D eigenvalue weighted by Gasteiger charge is 2.28. The minimum absolute atomic E-state index is 0.116. The van der Waals surface area contributed by atoms with E-state index >= 15 is 0 Å². The highest BCUT2D eigenvalue weighted by Crippen LogP contribution is 2.36. The van der Waals surface area contributed by atoms with E-state index in [-0.39, 0.29) is 12.0 Å². The molecule has 144 valence electrons. The quantitative estimate of drug-likeness (QED) is 0.746. The molecule has 1 aromatic rings. The molecule has 6 nitrogen and oxygen atoms in total. The molecule has 27 heavy (non-hydrogen) atoms. The summed E-state index contributed by atoms with van der Waals surface area (Å²) in [5, 5.41) is 11.4. The molecule has 0 bridgehead atoms. The highest BCUT2D eigenvalue weighted by atomic mass is 32.1. The topological polar surface area (TPSA) is 82.5 Å². The molecule has 0 saturated heterocycles. The minimum Gasteiger partial charge on any atom is -0.449 e. The van der Waals surface area contributed by atoms with Crippen LogP contribution in [0.4, 0.5) is 9.80 Å². The molecule has 2 amide bonds. The maximum Gasteiger partial charge on any atom is 0.410 e. The Hall–Kier alpha value is -2.41. The lowest BCUT2D eigenvalue weighted by Gasteiger charge is -2.26. The highest BCUT2D eigenvalue weighted by molar-refractivity contribution is 7.17. The largest absolute Gasteiger partial charge is 0.449 e. The summed E-state index contributed by atoms with van der Waals surface area (Å²) in [6.07, 6.45) is 9.02. The first-order valence-electron chi connectivity index (χ1n) is 9.23. The van der Waals surface area contributed by atoms with Gasteiger partial charge in [0, 0.05) is 28.8 Å². The van der Waals surface area contributed by atoms with E-state index in [1.54, 1.807) is 4.90 Å². The zero-order valence-corrected chi connectivity index (χ0v) is 16.5. The SMILES string of the molecule is CC(C)COC(=O)N1CCc2c(sc(NC(=O)C3=CC=CCC3)c2C=N)C1. The van der Waals surface area contributed by atoms with Crippen molar-refractivity contribution in [2.24, 2.45) is 5.92 Å². The Bertz CT molecular complexity index is 808. The third-order valence-corrected chi connectivity index (χ3v) is 5.72. The van der Waals surface area contributed by atoms with Crippen molar-refractivity contribution in [2.45, 2.75) is 39.7 Å². The summed E-state index contributed by atoms with van der Waals surface area (Å²) in [4.78, 5) is 27.4. The van der Waals surface area contributed by atoms with Gasteiger partial charge in [0.05, 0.1) is 13.2 Å². The van der Waals surface area contributed by atoms with Crippen molar-refractivity contribution in [3.8, 4) is 0 Å². The Labute approximate surface area is 163 Å². The van der Waals surface area contributed by atoms with Crippen LogP contribution in [0.25, 0.3) is 0 Å². The van der Waals surface area contributed by atoms with E-state index in [9.17, 15) is 9.59 Å². The van der Waals surface area contributed by atoms with Gasteiger partial charge < -0.3 is 20.4 Å². The smallest absolute Gasteiger partial charge is 0.410 e. The van der Waals surface area contributed by atoms with Crippen molar-refractivity contribution in [3.05, 3.63) is 39.8 Å². The number of nitrogens with one attached hydrogen (secondary N) is 2. The average molecular weight is 388 g/mol. The van der Waals surface area contributed by atoms with E-state index in [1.807, 2.05) is 32.1 Å². The molecule has 0 spiro atoms. The van der Waals surface area contributed by atoms with Crippen molar-refractivity contribution in [1.29, 1.82) is 5.41 Å². The summed E-state index contributed by atoms with van der Waals surface area (Å²) >= 11 is 1.45. The van der Waals surface area contributed by atoms with Gasteiger partial charge in [0.15, 0.2) is 0 Å². The zero-order chi connectivity index (χ0) is 19.4. The van der Waals surface area contributed by atoms with E-state index in [1.165, 1.54) is 17.6 Å². The Morgan fingerprint density at radius 1 is 1.41 bits per heavy atom. The third-order valence-electron chi connectivity index (χ3n) is 4.57. The van der Waals surface area contributed by atoms with Gasteiger partial charge >= 0.3 is 6.09 Å². The second-order valence-corrected chi connectivity index (χ2v) is 8.25. The molecule has 1 aromatic heterocycles. The first-order chi connectivity index (χ1) is 13.0. The van der Waals surface area contributed by atoms with Crippen LogP contribution in [0.1, 0.15) is 42.7 Å². The number of anilines is 1. The molecule has 2 heterocycles. The lowest BCUT2D eigenvalue weighted by atomic mass is 10.0. The summed E-state index contributed by atoms with van der Waals surface area (Å²) in [7, 11) is 0. The number of hydrogen-bond acceptors (Lipinski definition) is 5. The van der Waals surface area contributed by atoms with Gasteiger partial charge in [-0.1, -0.05) is 32.1 Å². The normalized spacial score (nSPS) is 16.0. The number of carbonyl (C=O) groups is 2. The molecular formula is C20H25N3O3S. The molecule has 0 atom stereocenters. The summed E-state index contributed by atoms with van der Waals surface area (Å²) in [6.45, 7) is 5.43. The predicted molar refractivity (Wildman–Crippen MR) is 108 cm³/mol. The van der Waals surface area contributed by atoms with Crippen LogP contribution in [0, 0.1) is 11.3 Å². The van der Waals surface area contributed by atoms with Crippen LogP contribution in [0.2, 0.25) is 0 Å². The molecule has 2 aliphatic rings. The van der Waals surface area contributed by atoms with Crippen LogP contribution >= 0.6 is 11.3 Å². The number of rotatable bonds is 5. The van der Waals surface area contributed by atoms with E-state index < -0.39 is 0 Å². The van der Waals surface area contributed by atoms with Crippen molar-refractivity contribution < 1.29 is 14.3 Å². The van der Waals surface area contributed by atoms with Crippen molar-refractivity contribution in [2.75, 3.05) is 18.5 Å².